The summed E-state index contributed by atoms with van der Waals surface area (Å²) < 4.78 is 0. The van der Waals surface area contributed by atoms with Crippen LogP contribution in [0.5, 0.6) is 0 Å². The van der Waals surface area contributed by atoms with Gasteiger partial charge in [0, 0.05) is 12.6 Å². The second-order valence-electron chi connectivity index (χ2n) is 6.51. The molecular weight excluding hydrogens is 208 g/mol. The van der Waals surface area contributed by atoms with Gasteiger partial charge >= 0.3 is 0 Å². The van der Waals surface area contributed by atoms with Crippen LogP contribution in [0.2, 0.25) is 0 Å². The van der Waals surface area contributed by atoms with Crippen molar-refractivity contribution in [3.63, 3.8) is 0 Å². The van der Waals surface area contributed by atoms with Crippen LogP contribution in [0, 0.1) is 17.8 Å². The summed E-state index contributed by atoms with van der Waals surface area (Å²) in [4.78, 5) is 2.56. The third-order valence-electron chi connectivity index (χ3n) is 4.31. The van der Waals surface area contributed by atoms with E-state index in [4.69, 9.17) is 0 Å². The van der Waals surface area contributed by atoms with Gasteiger partial charge in [-0.2, -0.15) is 0 Å². The third kappa shape index (κ3) is 5.39. The molecule has 1 N–H and O–H groups in total. The van der Waals surface area contributed by atoms with Gasteiger partial charge in [-0.15, -0.1) is 0 Å². The van der Waals surface area contributed by atoms with Gasteiger partial charge in [-0.05, 0) is 57.7 Å². The van der Waals surface area contributed by atoms with Crippen molar-refractivity contribution in [3.05, 3.63) is 0 Å². The Morgan fingerprint density at radius 3 is 2.24 bits per heavy atom. The fourth-order valence-electron chi connectivity index (χ4n) is 2.45. The van der Waals surface area contributed by atoms with E-state index in [9.17, 15) is 0 Å². The first-order valence-electron chi connectivity index (χ1n) is 7.41. The largest absolute Gasteiger partial charge is 0.316 e. The topological polar surface area (TPSA) is 15.3 Å². The molecule has 17 heavy (non-hydrogen) atoms. The van der Waals surface area contributed by atoms with Crippen molar-refractivity contribution >= 4 is 0 Å². The molecule has 2 unspecified atom stereocenters. The molecule has 2 heteroatoms. The van der Waals surface area contributed by atoms with E-state index in [1.165, 1.54) is 25.8 Å². The summed E-state index contributed by atoms with van der Waals surface area (Å²) in [6.07, 6.45) is 4.37. The first-order valence-corrected chi connectivity index (χ1v) is 7.41. The Kier molecular flexibility index (Phi) is 6.50. The van der Waals surface area contributed by atoms with Gasteiger partial charge < -0.3 is 10.2 Å². The third-order valence-corrected chi connectivity index (χ3v) is 4.31. The fourth-order valence-corrected chi connectivity index (χ4v) is 2.45. The lowest BCUT2D eigenvalue weighted by Crippen LogP contribution is -2.42. The molecule has 0 saturated heterocycles. The molecule has 0 spiro atoms. The van der Waals surface area contributed by atoms with E-state index in [0.717, 1.165) is 30.8 Å². The first kappa shape index (κ1) is 15.0. The molecule has 2 atom stereocenters. The molecule has 0 radical (unpaired) electrons. The summed E-state index contributed by atoms with van der Waals surface area (Å²) in [5.74, 6) is 2.47. The zero-order valence-corrected chi connectivity index (χ0v) is 12.5. The van der Waals surface area contributed by atoms with Gasteiger partial charge in [-0.3, -0.25) is 0 Å². The predicted octanol–water partition coefficient (Wildman–Crippen LogP) is 2.99. The van der Waals surface area contributed by atoms with Crippen LogP contribution in [0.4, 0.5) is 0 Å². The Morgan fingerprint density at radius 1 is 1.12 bits per heavy atom. The predicted molar refractivity (Wildman–Crippen MR) is 76.3 cm³/mol. The highest BCUT2D eigenvalue weighted by molar-refractivity contribution is 4.78. The Balaban J connectivity index is 2.16. The van der Waals surface area contributed by atoms with Gasteiger partial charge in [0.15, 0.2) is 0 Å². The zero-order chi connectivity index (χ0) is 12.8. The minimum Gasteiger partial charge on any atom is -0.316 e. The first-order chi connectivity index (χ1) is 8.00. The highest BCUT2D eigenvalue weighted by Gasteiger charge is 2.23. The lowest BCUT2D eigenvalue weighted by Gasteiger charge is -2.36. The maximum absolute atomic E-state index is 3.57. The second kappa shape index (κ2) is 7.38. The van der Waals surface area contributed by atoms with Gasteiger partial charge in [0.2, 0.25) is 0 Å². The van der Waals surface area contributed by atoms with Crippen LogP contribution in [0.1, 0.15) is 47.0 Å². The maximum Gasteiger partial charge on any atom is 0.0102 e. The molecule has 0 bridgehead atoms. The van der Waals surface area contributed by atoms with Gasteiger partial charge in [-0.25, -0.2) is 0 Å². The van der Waals surface area contributed by atoms with Gasteiger partial charge in [-0.1, -0.05) is 27.2 Å². The second-order valence-corrected chi connectivity index (χ2v) is 6.51. The van der Waals surface area contributed by atoms with E-state index in [2.05, 4.69) is 45.0 Å². The normalized spacial score (nSPS) is 20.6. The smallest absolute Gasteiger partial charge is 0.0102 e. The van der Waals surface area contributed by atoms with Crippen molar-refractivity contribution in [2.24, 2.45) is 17.8 Å². The molecule has 1 aliphatic rings. The summed E-state index contributed by atoms with van der Waals surface area (Å²) >= 11 is 0. The van der Waals surface area contributed by atoms with Gasteiger partial charge in [0.25, 0.3) is 0 Å². The minimum atomic E-state index is 0.690. The van der Waals surface area contributed by atoms with Crippen LogP contribution < -0.4 is 5.32 Å². The van der Waals surface area contributed by atoms with Crippen LogP contribution in [0.15, 0.2) is 0 Å². The maximum atomic E-state index is 3.57. The molecule has 2 nitrogen and oxygen atoms in total. The molecule has 0 aromatic rings. The molecule has 1 rings (SSSR count). The monoisotopic (exact) mass is 240 g/mol. The van der Waals surface area contributed by atoms with E-state index in [1.807, 2.05) is 0 Å². The van der Waals surface area contributed by atoms with E-state index >= 15 is 0 Å². The highest BCUT2D eigenvalue weighted by Crippen LogP contribution is 2.27. The van der Waals surface area contributed by atoms with E-state index in [1.54, 1.807) is 0 Å². The van der Waals surface area contributed by atoms with Crippen molar-refractivity contribution < 1.29 is 0 Å². The zero-order valence-electron chi connectivity index (χ0n) is 12.5. The van der Waals surface area contributed by atoms with E-state index < -0.39 is 0 Å². The number of hydrogen-bond acceptors (Lipinski definition) is 2. The minimum absolute atomic E-state index is 0.690. The molecule has 0 aromatic heterocycles. The molecule has 0 aromatic carbocycles. The van der Waals surface area contributed by atoms with Crippen LogP contribution >= 0.6 is 0 Å². The Hall–Kier alpha value is -0.0800. The number of rotatable bonds is 8. The fraction of sp³-hybridized carbons (Fsp3) is 1.00. The summed E-state index contributed by atoms with van der Waals surface area (Å²) in [6, 6.07) is 0.690. The average Bonchev–Trinajstić information content (AvgIpc) is 2.21. The summed E-state index contributed by atoms with van der Waals surface area (Å²) in [5, 5.41) is 3.57. The number of nitrogens with zero attached hydrogens (tertiary/aromatic N) is 1. The Bertz CT molecular complexity index is 199. The molecule has 1 saturated carbocycles. The van der Waals surface area contributed by atoms with Crippen molar-refractivity contribution in [2.75, 3.05) is 26.7 Å². The number of hydrogen-bond donors (Lipinski definition) is 1. The quantitative estimate of drug-likeness (QED) is 0.701. The van der Waals surface area contributed by atoms with Crippen LogP contribution in [-0.2, 0) is 0 Å². The van der Waals surface area contributed by atoms with E-state index in [-0.39, 0.29) is 0 Å². The average molecular weight is 240 g/mol. The van der Waals surface area contributed by atoms with Crippen LogP contribution in [-0.4, -0.2) is 37.6 Å². The Labute approximate surface area is 108 Å². The molecule has 102 valence electrons. The molecular formula is C15H32N2. The van der Waals surface area contributed by atoms with Crippen LogP contribution in [0.25, 0.3) is 0 Å². The Morgan fingerprint density at radius 2 is 1.76 bits per heavy atom. The molecule has 0 heterocycles. The molecule has 0 aliphatic heterocycles. The lowest BCUT2D eigenvalue weighted by molar-refractivity contribution is 0.138. The van der Waals surface area contributed by atoms with E-state index in [0.29, 0.717) is 6.04 Å². The molecule has 1 aliphatic carbocycles. The van der Waals surface area contributed by atoms with Crippen molar-refractivity contribution in [2.45, 2.75) is 53.0 Å². The molecule has 0 amide bonds. The van der Waals surface area contributed by atoms with Crippen molar-refractivity contribution in [1.29, 1.82) is 0 Å². The standard InChI is InChI=1S/C15H32N2/c1-12(2)9-16-10-13(3)14(4)17(5)11-15-7-6-8-15/h12-16H,6-11H2,1-5H3. The molecule has 1 fully saturated rings. The van der Waals surface area contributed by atoms with Gasteiger partial charge in [0.1, 0.15) is 0 Å². The summed E-state index contributed by atoms with van der Waals surface area (Å²) in [5.41, 5.74) is 0. The highest BCUT2D eigenvalue weighted by atomic mass is 15.1. The van der Waals surface area contributed by atoms with Crippen molar-refractivity contribution in [1.82, 2.24) is 10.2 Å². The summed E-state index contributed by atoms with van der Waals surface area (Å²) in [6.45, 7) is 12.9. The van der Waals surface area contributed by atoms with Gasteiger partial charge in [0.05, 0.1) is 0 Å². The lowest BCUT2D eigenvalue weighted by atomic mass is 9.84. The van der Waals surface area contributed by atoms with Crippen molar-refractivity contribution in [3.8, 4) is 0 Å². The SMILES string of the molecule is CC(C)CNCC(C)C(C)N(C)CC1CCC1. The number of nitrogens with one attached hydrogen (secondary N) is 1. The van der Waals surface area contributed by atoms with Crippen LogP contribution in [0.3, 0.4) is 0 Å². The summed E-state index contributed by atoms with van der Waals surface area (Å²) in [7, 11) is 2.29.